The van der Waals surface area contributed by atoms with Gasteiger partial charge in [-0.05, 0) is 35.4 Å². The van der Waals surface area contributed by atoms with Gasteiger partial charge in [-0.15, -0.1) is 24.5 Å². The number of ether oxygens (including phenoxy) is 1. The van der Waals surface area contributed by atoms with Crippen LogP contribution in [0.5, 0.6) is 5.75 Å². The second kappa shape index (κ2) is 9.48. The Morgan fingerprint density at radius 1 is 1.12 bits per heavy atom. The standard InChI is InChI=1S/C19H18F3N3O6S3/c1-33(27,28)16(17(26)24-8-9-34(23,29)30)18-25-14-7-4-12(10-15(14)32-18)11-2-5-13(6-3-11)31-19(20,21)22/h2-7,10,16H,8-9H2,1H3,(H,24,26)(H2,23,29,30). The number of thiazole rings is 1. The number of nitrogens with two attached hydrogens (primary N) is 1. The van der Waals surface area contributed by atoms with Crippen LogP contribution in [0.1, 0.15) is 10.3 Å². The summed E-state index contributed by atoms with van der Waals surface area (Å²) in [6.07, 6.45) is -3.94. The quantitative estimate of drug-likeness (QED) is 0.449. The van der Waals surface area contributed by atoms with Crippen molar-refractivity contribution in [3.8, 4) is 16.9 Å². The Bertz CT molecular complexity index is 1420. The second-order valence-electron chi connectivity index (χ2n) is 7.17. The van der Waals surface area contributed by atoms with E-state index >= 15 is 0 Å². The molecule has 0 saturated heterocycles. The monoisotopic (exact) mass is 537 g/mol. The van der Waals surface area contributed by atoms with Crippen molar-refractivity contribution in [2.45, 2.75) is 11.6 Å². The van der Waals surface area contributed by atoms with Gasteiger partial charge in [0.2, 0.25) is 15.9 Å². The molecule has 184 valence electrons. The molecule has 2 aromatic carbocycles. The zero-order chi connectivity index (χ0) is 25.3. The molecule has 0 aliphatic carbocycles. The predicted octanol–water partition coefficient (Wildman–Crippen LogP) is 2.35. The highest BCUT2D eigenvalue weighted by molar-refractivity contribution is 7.91. The summed E-state index contributed by atoms with van der Waals surface area (Å²) in [5, 5.41) is 5.45. The Morgan fingerprint density at radius 2 is 1.74 bits per heavy atom. The smallest absolute Gasteiger partial charge is 0.406 e. The van der Waals surface area contributed by atoms with Crippen molar-refractivity contribution in [3.05, 3.63) is 47.5 Å². The number of halogens is 3. The Labute approximate surface area is 196 Å². The molecule has 0 spiro atoms. The lowest BCUT2D eigenvalue weighted by atomic mass is 10.1. The molecule has 1 unspecified atom stereocenters. The molecule has 1 atom stereocenters. The predicted molar refractivity (Wildman–Crippen MR) is 120 cm³/mol. The maximum absolute atomic E-state index is 12.5. The lowest BCUT2D eigenvalue weighted by Gasteiger charge is -2.12. The summed E-state index contributed by atoms with van der Waals surface area (Å²) >= 11 is 0.952. The fourth-order valence-electron chi connectivity index (χ4n) is 2.98. The number of aromatic nitrogens is 1. The molecule has 9 nitrogen and oxygen atoms in total. The van der Waals surface area contributed by atoms with Crippen LogP contribution in [0.4, 0.5) is 13.2 Å². The van der Waals surface area contributed by atoms with Gasteiger partial charge in [-0.2, -0.15) is 0 Å². The number of carbonyl (C=O) groups is 1. The molecular formula is C19H18F3N3O6S3. The minimum absolute atomic E-state index is 0.0170. The normalized spacial score (nSPS) is 13.6. The minimum Gasteiger partial charge on any atom is -0.406 e. The van der Waals surface area contributed by atoms with Crippen LogP contribution in [0.15, 0.2) is 42.5 Å². The van der Waals surface area contributed by atoms with Gasteiger partial charge >= 0.3 is 6.36 Å². The van der Waals surface area contributed by atoms with Crippen LogP contribution in [0.3, 0.4) is 0 Å². The van der Waals surface area contributed by atoms with E-state index in [1.165, 1.54) is 12.1 Å². The molecule has 1 amide bonds. The lowest BCUT2D eigenvalue weighted by molar-refractivity contribution is -0.274. The van der Waals surface area contributed by atoms with Gasteiger partial charge in [0, 0.05) is 12.8 Å². The van der Waals surface area contributed by atoms with Crippen molar-refractivity contribution in [1.29, 1.82) is 0 Å². The first-order chi connectivity index (χ1) is 15.6. The van der Waals surface area contributed by atoms with Crippen molar-refractivity contribution in [2.75, 3.05) is 18.6 Å². The molecule has 0 radical (unpaired) electrons. The Balaban J connectivity index is 1.88. The van der Waals surface area contributed by atoms with Crippen molar-refractivity contribution in [2.24, 2.45) is 5.14 Å². The molecule has 0 aliphatic heterocycles. The molecule has 0 fully saturated rings. The van der Waals surface area contributed by atoms with E-state index in [9.17, 15) is 34.8 Å². The highest BCUT2D eigenvalue weighted by Gasteiger charge is 2.34. The third-order valence-electron chi connectivity index (χ3n) is 4.40. The van der Waals surface area contributed by atoms with Crippen LogP contribution in [-0.2, 0) is 24.7 Å². The Kier molecular flexibility index (Phi) is 7.21. The second-order valence-corrected chi connectivity index (χ2v) is 12.1. The topological polar surface area (TPSA) is 146 Å². The SMILES string of the molecule is CS(=O)(=O)C(C(=O)NCCS(N)(=O)=O)c1nc2ccc(-c3ccc(OC(F)(F)F)cc3)cc2s1. The Morgan fingerprint density at radius 3 is 2.29 bits per heavy atom. The zero-order valence-electron chi connectivity index (χ0n) is 17.4. The number of benzene rings is 2. The molecule has 1 heterocycles. The number of rotatable bonds is 8. The fraction of sp³-hybridized carbons (Fsp3) is 0.263. The van der Waals surface area contributed by atoms with E-state index in [4.69, 9.17) is 5.14 Å². The number of carbonyl (C=O) groups excluding carboxylic acids is 1. The van der Waals surface area contributed by atoms with Gasteiger partial charge in [0.15, 0.2) is 15.1 Å². The van der Waals surface area contributed by atoms with Gasteiger partial charge in [0.1, 0.15) is 10.8 Å². The number of amides is 1. The van der Waals surface area contributed by atoms with E-state index in [0.717, 1.165) is 29.7 Å². The highest BCUT2D eigenvalue weighted by atomic mass is 32.2. The number of sulfone groups is 1. The van der Waals surface area contributed by atoms with Gasteiger partial charge < -0.3 is 10.1 Å². The average molecular weight is 538 g/mol. The van der Waals surface area contributed by atoms with Crippen molar-refractivity contribution >= 4 is 47.3 Å². The number of fused-ring (bicyclic) bond motifs is 1. The van der Waals surface area contributed by atoms with Gasteiger partial charge in [0.05, 0.1) is 16.0 Å². The summed E-state index contributed by atoms with van der Waals surface area (Å²) in [5.74, 6) is -1.88. The van der Waals surface area contributed by atoms with Crippen LogP contribution in [0, 0.1) is 0 Å². The first-order valence-corrected chi connectivity index (χ1v) is 13.8. The fourth-order valence-corrected chi connectivity index (χ4v) is 5.92. The number of sulfonamides is 1. The Hall–Kier alpha value is -2.75. The van der Waals surface area contributed by atoms with Crippen LogP contribution in [0.25, 0.3) is 21.3 Å². The van der Waals surface area contributed by atoms with Crippen LogP contribution in [-0.4, -0.2) is 52.6 Å². The number of nitrogens with one attached hydrogen (secondary N) is 1. The molecule has 0 aliphatic rings. The van der Waals surface area contributed by atoms with E-state index in [1.54, 1.807) is 18.2 Å². The van der Waals surface area contributed by atoms with E-state index < -0.39 is 43.1 Å². The van der Waals surface area contributed by atoms with Gasteiger partial charge in [-0.25, -0.2) is 27.0 Å². The van der Waals surface area contributed by atoms with Crippen LogP contribution < -0.4 is 15.2 Å². The minimum atomic E-state index is -4.81. The summed E-state index contributed by atoms with van der Waals surface area (Å²) < 4.78 is 88.1. The molecule has 3 rings (SSSR count). The van der Waals surface area contributed by atoms with Crippen LogP contribution in [0.2, 0.25) is 0 Å². The number of hydrogen-bond acceptors (Lipinski definition) is 8. The van der Waals surface area contributed by atoms with Crippen molar-refractivity contribution in [3.63, 3.8) is 0 Å². The highest BCUT2D eigenvalue weighted by Crippen LogP contribution is 2.34. The summed E-state index contributed by atoms with van der Waals surface area (Å²) in [5.41, 5.74) is 1.60. The van der Waals surface area contributed by atoms with Gasteiger partial charge in [0.25, 0.3) is 0 Å². The van der Waals surface area contributed by atoms with Gasteiger partial charge in [-0.3, -0.25) is 4.79 Å². The van der Waals surface area contributed by atoms with E-state index in [2.05, 4.69) is 15.0 Å². The molecular weight excluding hydrogens is 519 g/mol. The molecule has 0 saturated carbocycles. The third-order valence-corrected chi connectivity index (χ3v) is 7.70. The number of alkyl halides is 3. The lowest BCUT2D eigenvalue weighted by Crippen LogP contribution is -2.37. The molecule has 3 N–H and O–H groups in total. The van der Waals surface area contributed by atoms with E-state index in [1.807, 2.05) is 0 Å². The molecule has 34 heavy (non-hydrogen) atoms. The van der Waals surface area contributed by atoms with E-state index in [0.29, 0.717) is 21.3 Å². The number of hydrogen-bond donors (Lipinski definition) is 2. The first kappa shape index (κ1) is 25.9. The molecule has 1 aromatic heterocycles. The van der Waals surface area contributed by atoms with Crippen molar-refractivity contribution in [1.82, 2.24) is 10.3 Å². The zero-order valence-corrected chi connectivity index (χ0v) is 19.8. The molecule has 3 aromatic rings. The van der Waals surface area contributed by atoms with Crippen LogP contribution >= 0.6 is 11.3 Å². The average Bonchev–Trinajstić information content (AvgIpc) is 3.07. The summed E-state index contributed by atoms with van der Waals surface area (Å²) in [6.45, 7) is -0.368. The number of nitrogens with zero attached hydrogens (tertiary/aromatic N) is 1. The molecule has 0 bridgehead atoms. The third kappa shape index (κ3) is 6.88. The first-order valence-electron chi connectivity index (χ1n) is 9.36. The van der Waals surface area contributed by atoms with E-state index in [-0.39, 0.29) is 17.3 Å². The molecule has 15 heteroatoms. The summed E-state index contributed by atoms with van der Waals surface area (Å²) in [6, 6.07) is 10.1. The van der Waals surface area contributed by atoms with Crippen molar-refractivity contribution < 1.29 is 39.5 Å². The largest absolute Gasteiger partial charge is 0.573 e. The summed E-state index contributed by atoms with van der Waals surface area (Å²) in [4.78, 5) is 16.8. The maximum Gasteiger partial charge on any atom is 0.573 e. The summed E-state index contributed by atoms with van der Waals surface area (Å²) in [7, 11) is -7.81. The maximum atomic E-state index is 12.5. The van der Waals surface area contributed by atoms with Gasteiger partial charge in [-0.1, -0.05) is 18.2 Å². The number of primary sulfonamides is 1.